The minimum Gasteiger partial charge on any atom is -0.494 e. The van der Waals surface area contributed by atoms with Crippen LogP contribution in [-0.2, 0) is 35.7 Å². The number of benzene rings is 1. The van der Waals surface area contributed by atoms with E-state index in [-0.39, 0.29) is 31.8 Å². The summed E-state index contributed by atoms with van der Waals surface area (Å²) in [7, 11) is 0. The van der Waals surface area contributed by atoms with Gasteiger partial charge >= 0.3 is 0 Å². The third kappa shape index (κ3) is 11.4. The molecule has 0 spiro atoms. The molecule has 0 aliphatic heterocycles. The molecule has 2 rings (SSSR count). The first-order valence-corrected chi connectivity index (χ1v) is 18.4. The predicted octanol–water partition coefficient (Wildman–Crippen LogP) is 9.76. The molecule has 1 aliphatic carbocycles. The van der Waals surface area contributed by atoms with E-state index in [1.807, 2.05) is 59.8 Å². The van der Waals surface area contributed by atoms with Gasteiger partial charge < -0.3 is 28.8 Å². The molecule has 0 bridgehead atoms. The molecule has 1 fully saturated rings. The lowest BCUT2D eigenvalue weighted by Crippen LogP contribution is -2.72. The molecular formula is C39H61ClF2O6. The van der Waals surface area contributed by atoms with Gasteiger partial charge in [0, 0.05) is 31.5 Å². The average molecular weight is 699 g/mol. The second-order valence-electron chi connectivity index (χ2n) is 12.5. The van der Waals surface area contributed by atoms with E-state index in [0.29, 0.717) is 54.6 Å². The summed E-state index contributed by atoms with van der Waals surface area (Å²) in [4.78, 5) is 0. The van der Waals surface area contributed by atoms with Crippen LogP contribution in [0.2, 0.25) is 5.02 Å². The van der Waals surface area contributed by atoms with E-state index < -0.39 is 35.8 Å². The Labute approximate surface area is 293 Å². The number of allylic oxidation sites excluding steroid dienone is 4. The molecule has 0 heterocycles. The number of halogens is 3. The number of hydrogen-bond donors (Lipinski definition) is 1. The molecule has 0 saturated heterocycles. The molecule has 0 amide bonds. The highest BCUT2D eigenvalue weighted by Crippen LogP contribution is 2.54. The number of hydrogen-bond acceptors (Lipinski definition) is 6. The van der Waals surface area contributed by atoms with Gasteiger partial charge in [-0.05, 0) is 75.3 Å². The SMILES string of the molecule is C=C(/C=C\C(=C/C)OCC)Cc1cc([C@]2(O)[C@H](OCCCC)[C@@H](OCCCC)[C@H](OCCCC)[C@@H](COCCCC)C2(F)F)ccc1Cl. The van der Waals surface area contributed by atoms with Crippen LogP contribution in [0, 0.1) is 5.92 Å². The summed E-state index contributed by atoms with van der Waals surface area (Å²) in [6, 6.07) is 4.58. The predicted molar refractivity (Wildman–Crippen MR) is 191 cm³/mol. The highest BCUT2D eigenvalue weighted by molar-refractivity contribution is 6.31. The lowest BCUT2D eigenvalue weighted by Gasteiger charge is -2.55. The Balaban J connectivity index is 2.71. The molecule has 274 valence electrons. The topological polar surface area (TPSA) is 66.4 Å². The van der Waals surface area contributed by atoms with Crippen molar-refractivity contribution in [2.45, 2.75) is 129 Å². The van der Waals surface area contributed by atoms with Crippen molar-refractivity contribution in [3.05, 3.63) is 70.5 Å². The summed E-state index contributed by atoms with van der Waals surface area (Å²) in [5.74, 6) is -4.53. The Bertz CT molecular complexity index is 1140. The summed E-state index contributed by atoms with van der Waals surface area (Å²) < 4.78 is 65.2. The van der Waals surface area contributed by atoms with Crippen molar-refractivity contribution in [3.8, 4) is 0 Å². The van der Waals surface area contributed by atoms with E-state index in [1.54, 1.807) is 12.1 Å². The maximum Gasteiger partial charge on any atom is 0.290 e. The van der Waals surface area contributed by atoms with Gasteiger partial charge in [-0.3, -0.25) is 0 Å². The minimum absolute atomic E-state index is 0.00305. The van der Waals surface area contributed by atoms with Crippen LogP contribution in [0.5, 0.6) is 0 Å². The van der Waals surface area contributed by atoms with Crippen LogP contribution in [0.4, 0.5) is 8.78 Å². The molecule has 6 nitrogen and oxygen atoms in total. The molecule has 1 saturated carbocycles. The van der Waals surface area contributed by atoms with E-state index in [0.717, 1.165) is 38.5 Å². The van der Waals surface area contributed by atoms with Crippen molar-refractivity contribution in [3.63, 3.8) is 0 Å². The number of ether oxygens (including phenoxy) is 5. The standard InChI is InChI=1S/C39H61ClF2O6/c1-8-14-22-44-28-33-35(46-23-15-9-2)36(47-24-16-10-3)37(48-25-17-11-4)38(43,39(33,41)42)31-19-21-34(40)30(27-31)26-29(7)18-20-32(12-5)45-13-6/h12,18-21,27,33,35-37,43H,7-11,13-17,22-26,28H2,1-6H3/b20-18-,32-12+/t33-,35-,36+,37-,38+/m1/s1. The van der Waals surface area contributed by atoms with Gasteiger partial charge in [0.15, 0.2) is 5.60 Å². The lowest BCUT2D eigenvalue weighted by atomic mass is 9.66. The molecule has 1 aromatic carbocycles. The van der Waals surface area contributed by atoms with Crippen LogP contribution in [0.25, 0.3) is 0 Å². The maximum atomic E-state index is 17.4. The Hall–Kier alpha value is -1.81. The Morgan fingerprint density at radius 1 is 0.875 bits per heavy atom. The van der Waals surface area contributed by atoms with Gasteiger partial charge in [-0.2, -0.15) is 0 Å². The van der Waals surface area contributed by atoms with Gasteiger partial charge in [0.25, 0.3) is 5.92 Å². The summed E-state index contributed by atoms with van der Waals surface area (Å²) in [5, 5.41) is 13.0. The minimum atomic E-state index is -3.72. The molecule has 1 aliphatic rings. The number of alkyl halides is 2. The second-order valence-corrected chi connectivity index (χ2v) is 13.0. The zero-order valence-corrected chi connectivity index (χ0v) is 31.0. The van der Waals surface area contributed by atoms with Gasteiger partial charge in [-0.1, -0.05) is 95.3 Å². The third-order valence-corrected chi connectivity index (χ3v) is 9.11. The van der Waals surface area contributed by atoms with Crippen molar-refractivity contribution < 1.29 is 37.6 Å². The fourth-order valence-corrected chi connectivity index (χ4v) is 6.05. The van der Waals surface area contributed by atoms with Gasteiger partial charge in [-0.25, -0.2) is 8.78 Å². The molecule has 9 heteroatoms. The number of unbranched alkanes of at least 4 members (excludes halogenated alkanes) is 4. The maximum absolute atomic E-state index is 17.4. The zero-order chi connectivity index (χ0) is 35.6. The van der Waals surface area contributed by atoms with Crippen LogP contribution in [0.3, 0.4) is 0 Å². The lowest BCUT2D eigenvalue weighted by molar-refractivity contribution is -0.347. The monoisotopic (exact) mass is 698 g/mol. The first-order valence-electron chi connectivity index (χ1n) is 18.0. The van der Waals surface area contributed by atoms with Crippen molar-refractivity contribution in [1.82, 2.24) is 0 Å². The molecule has 0 unspecified atom stereocenters. The summed E-state index contributed by atoms with van der Waals surface area (Å²) in [6.07, 6.45) is 8.48. The Morgan fingerprint density at radius 2 is 1.46 bits per heavy atom. The van der Waals surface area contributed by atoms with Gasteiger partial charge in [0.1, 0.15) is 18.0 Å². The van der Waals surface area contributed by atoms with Crippen LogP contribution in [-0.4, -0.2) is 69.0 Å². The van der Waals surface area contributed by atoms with E-state index in [2.05, 4.69) is 6.58 Å². The largest absolute Gasteiger partial charge is 0.494 e. The van der Waals surface area contributed by atoms with Gasteiger partial charge in [-0.15, -0.1) is 0 Å². The third-order valence-electron chi connectivity index (χ3n) is 8.74. The molecule has 0 aromatic heterocycles. The molecule has 48 heavy (non-hydrogen) atoms. The van der Waals surface area contributed by atoms with Crippen molar-refractivity contribution >= 4 is 11.6 Å². The molecule has 1 aromatic rings. The molecule has 0 radical (unpaired) electrons. The van der Waals surface area contributed by atoms with Crippen LogP contribution in [0.1, 0.15) is 104 Å². The van der Waals surface area contributed by atoms with Gasteiger partial charge in [0.2, 0.25) is 0 Å². The number of aliphatic hydroxyl groups is 1. The van der Waals surface area contributed by atoms with Crippen LogP contribution < -0.4 is 0 Å². The Kier molecular flexibility index (Phi) is 19.5. The molecule has 1 N–H and O–H groups in total. The van der Waals surface area contributed by atoms with Crippen molar-refractivity contribution in [2.24, 2.45) is 5.92 Å². The summed E-state index contributed by atoms with van der Waals surface area (Å²) in [6.45, 7) is 17.4. The Morgan fingerprint density at radius 3 is 2.04 bits per heavy atom. The van der Waals surface area contributed by atoms with Crippen molar-refractivity contribution in [1.29, 1.82) is 0 Å². The summed E-state index contributed by atoms with van der Waals surface area (Å²) >= 11 is 6.64. The second kappa shape index (κ2) is 22.1. The zero-order valence-electron chi connectivity index (χ0n) is 30.2. The van der Waals surface area contributed by atoms with E-state index in [1.165, 1.54) is 6.07 Å². The van der Waals surface area contributed by atoms with E-state index >= 15 is 8.78 Å². The highest BCUT2D eigenvalue weighted by atomic mass is 35.5. The van der Waals surface area contributed by atoms with Crippen molar-refractivity contribution in [2.75, 3.05) is 39.6 Å². The normalized spacial score (nSPS) is 24.3. The quantitative estimate of drug-likeness (QED) is 0.0659. The fraction of sp³-hybridized carbons (Fsp3) is 0.692. The van der Waals surface area contributed by atoms with Gasteiger partial charge in [0.05, 0.1) is 25.2 Å². The van der Waals surface area contributed by atoms with Crippen LogP contribution >= 0.6 is 11.6 Å². The summed E-state index contributed by atoms with van der Waals surface area (Å²) in [5.41, 5.74) is -1.52. The van der Waals surface area contributed by atoms with Crippen LogP contribution in [0.15, 0.2) is 54.3 Å². The first kappa shape index (κ1) is 42.4. The van der Waals surface area contributed by atoms with E-state index in [9.17, 15) is 5.11 Å². The smallest absolute Gasteiger partial charge is 0.290 e. The first-order chi connectivity index (χ1) is 23.1. The fourth-order valence-electron chi connectivity index (χ4n) is 5.87. The number of rotatable bonds is 24. The highest BCUT2D eigenvalue weighted by Gasteiger charge is 2.72. The average Bonchev–Trinajstić information content (AvgIpc) is 3.06. The van der Waals surface area contributed by atoms with E-state index in [4.69, 9.17) is 35.3 Å². The molecule has 5 atom stereocenters. The molecular weight excluding hydrogens is 638 g/mol.